The zero-order chi connectivity index (χ0) is 16.3. The summed E-state index contributed by atoms with van der Waals surface area (Å²) >= 11 is 0. The molecule has 1 atom stereocenters. The quantitative estimate of drug-likeness (QED) is 0.870. The Morgan fingerprint density at radius 1 is 1.27 bits per heavy atom. The van der Waals surface area contributed by atoms with Crippen LogP contribution in [0.1, 0.15) is 44.1 Å². The fourth-order valence-electron chi connectivity index (χ4n) is 2.12. The number of aromatic nitrogens is 3. The first-order valence-electron chi connectivity index (χ1n) is 7.35. The van der Waals surface area contributed by atoms with Crippen molar-refractivity contribution >= 4 is 22.8 Å². The Morgan fingerprint density at radius 3 is 2.64 bits per heavy atom. The van der Waals surface area contributed by atoms with Crippen LogP contribution in [-0.2, 0) is 4.79 Å². The van der Waals surface area contributed by atoms with Gasteiger partial charge in [-0.05, 0) is 33.8 Å². The van der Waals surface area contributed by atoms with E-state index >= 15 is 0 Å². The second kappa shape index (κ2) is 6.55. The predicted molar refractivity (Wildman–Crippen MR) is 83.5 cm³/mol. The highest BCUT2D eigenvalue weighted by atomic mass is 16.2. The summed E-state index contributed by atoms with van der Waals surface area (Å²) in [5.74, 6) is -0.539. The Morgan fingerprint density at radius 2 is 2.00 bits per heavy atom. The van der Waals surface area contributed by atoms with Gasteiger partial charge in [-0.2, -0.15) is 5.10 Å². The van der Waals surface area contributed by atoms with Crippen molar-refractivity contribution in [1.29, 1.82) is 0 Å². The molecule has 0 aliphatic heterocycles. The van der Waals surface area contributed by atoms with Gasteiger partial charge in [-0.15, -0.1) is 0 Å². The minimum absolute atomic E-state index is 0.197. The number of carbonyl (C=O) groups excluding carboxylic acids is 2. The van der Waals surface area contributed by atoms with Crippen molar-refractivity contribution in [1.82, 2.24) is 25.4 Å². The van der Waals surface area contributed by atoms with Crippen LogP contribution in [-0.4, -0.2) is 39.2 Å². The summed E-state index contributed by atoms with van der Waals surface area (Å²) in [6.45, 7) is 8.04. The maximum absolute atomic E-state index is 12.2. The van der Waals surface area contributed by atoms with Gasteiger partial charge < -0.3 is 10.6 Å². The molecule has 0 spiro atoms. The molecule has 118 valence electrons. The molecule has 2 N–H and O–H groups in total. The lowest BCUT2D eigenvalue weighted by Crippen LogP contribution is -2.44. The molecular weight excluding hydrogens is 282 g/mol. The van der Waals surface area contributed by atoms with Gasteiger partial charge in [0.1, 0.15) is 6.04 Å². The van der Waals surface area contributed by atoms with Crippen LogP contribution in [0.15, 0.2) is 18.5 Å². The smallest absolute Gasteiger partial charge is 0.253 e. The fourth-order valence-corrected chi connectivity index (χ4v) is 2.12. The van der Waals surface area contributed by atoms with Crippen LogP contribution in [0.2, 0.25) is 0 Å². The van der Waals surface area contributed by atoms with E-state index in [9.17, 15) is 9.59 Å². The highest BCUT2D eigenvalue weighted by molar-refractivity contribution is 5.99. The van der Waals surface area contributed by atoms with Gasteiger partial charge in [0, 0.05) is 24.2 Å². The van der Waals surface area contributed by atoms with Gasteiger partial charge in [0.05, 0.1) is 11.8 Å². The van der Waals surface area contributed by atoms with Crippen molar-refractivity contribution in [2.75, 3.05) is 6.54 Å². The minimum Gasteiger partial charge on any atom is -0.355 e. The Labute approximate surface area is 129 Å². The normalized spacial score (nSPS) is 12.4. The van der Waals surface area contributed by atoms with Crippen LogP contribution in [0.4, 0.5) is 0 Å². The topological polar surface area (TPSA) is 88.9 Å². The second-order valence-electron chi connectivity index (χ2n) is 5.41. The van der Waals surface area contributed by atoms with Gasteiger partial charge in [-0.1, -0.05) is 0 Å². The molecule has 7 nitrogen and oxygen atoms in total. The summed E-state index contributed by atoms with van der Waals surface area (Å²) in [5, 5.41) is 10.4. The number of pyridine rings is 1. The predicted octanol–water partition coefficient (Wildman–Crippen LogP) is 1.27. The number of nitrogens with one attached hydrogen (secondary N) is 2. The minimum atomic E-state index is -0.596. The molecule has 2 aromatic rings. The third kappa shape index (κ3) is 3.24. The first kappa shape index (κ1) is 15.9. The van der Waals surface area contributed by atoms with Gasteiger partial charge in [-0.25, -0.2) is 9.67 Å². The summed E-state index contributed by atoms with van der Waals surface area (Å²) in [4.78, 5) is 28.1. The zero-order valence-electron chi connectivity index (χ0n) is 13.3. The number of likely N-dealkylation sites (N-methyl/N-ethyl adjacent to an activating group) is 1. The van der Waals surface area contributed by atoms with Gasteiger partial charge >= 0.3 is 0 Å². The lowest BCUT2D eigenvalue weighted by Gasteiger charge is -2.13. The number of hydrogen-bond donors (Lipinski definition) is 2. The number of hydrogen-bond acceptors (Lipinski definition) is 4. The summed E-state index contributed by atoms with van der Waals surface area (Å²) in [7, 11) is 0. The van der Waals surface area contributed by atoms with Crippen LogP contribution in [0, 0.1) is 0 Å². The summed E-state index contributed by atoms with van der Waals surface area (Å²) in [6.07, 6.45) is 3.19. The number of rotatable bonds is 5. The molecule has 0 radical (unpaired) electrons. The lowest BCUT2D eigenvalue weighted by atomic mass is 10.2. The highest BCUT2D eigenvalue weighted by Crippen LogP contribution is 2.16. The van der Waals surface area contributed by atoms with E-state index < -0.39 is 6.04 Å². The summed E-state index contributed by atoms with van der Waals surface area (Å²) < 4.78 is 1.80. The van der Waals surface area contributed by atoms with Crippen LogP contribution in [0.3, 0.4) is 0 Å². The van der Waals surface area contributed by atoms with Crippen LogP contribution in [0.25, 0.3) is 11.0 Å². The van der Waals surface area contributed by atoms with E-state index in [1.54, 1.807) is 23.9 Å². The lowest BCUT2D eigenvalue weighted by molar-refractivity contribution is -0.122. The summed E-state index contributed by atoms with van der Waals surface area (Å²) in [5.41, 5.74) is 1.15. The van der Waals surface area contributed by atoms with Gasteiger partial charge in [0.2, 0.25) is 5.91 Å². The van der Waals surface area contributed by atoms with E-state index in [1.165, 1.54) is 6.20 Å². The molecule has 2 rings (SSSR count). The van der Waals surface area contributed by atoms with E-state index in [4.69, 9.17) is 0 Å². The zero-order valence-corrected chi connectivity index (χ0v) is 13.3. The molecule has 2 amide bonds. The molecule has 7 heteroatoms. The number of nitrogens with zero attached hydrogens (tertiary/aromatic N) is 3. The van der Waals surface area contributed by atoms with Gasteiger partial charge in [0.15, 0.2) is 5.65 Å². The van der Waals surface area contributed by atoms with Crippen molar-refractivity contribution in [2.45, 2.75) is 39.8 Å². The van der Waals surface area contributed by atoms with E-state index in [0.717, 1.165) is 11.0 Å². The number of amides is 2. The Balaban J connectivity index is 2.17. The molecular formula is C15H21N5O2. The molecule has 2 aromatic heterocycles. The molecule has 0 saturated heterocycles. The van der Waals surface area contributed by atoms with Gasteiger partial charge in [-0.3, -0.25) is 9.59 Å². The van der Waals surface area contributed by atoms with Crippen molar-refractivity contribution < 1.29 is 9.59 Å². The molecule has 0 bridgehead atoms. The molecule has 0 aliphatic rings. The number of fused-ring (bicyclic) bond motifs is 1. The van der Waals surface area contributed by atoms with Crippen molar-refractivity contribution in [3.8, 4) is 0 Å². The monoisotopic (exact) mass is 303 g/mol. The molecule has 22 heavy (non-hydrogen) atoms. The molecule has 0 fully saturated rings. The molecule has 0 saturated carbocycles. The SMILES string of the molecule is CCNC(=O)C(C)NC(=O)c1cnc2c(cnn2C(C)C)c1. The third-order valence-electron chi connectivity index (χ3n) is 3.28. The molecule has 0 aliphatic carbocycles. The molecule has 0 aromatic carbocycles. The van der Waals surface area contributed by atoms with Crippen LogP contribution < -0.4 is 10.6 Å². The second-order valence-corrected chi connectivity index (χ2v) is 5.41. The Hall–Kier alpha value is -2.44. The van der Waals surface area contributed by atoms with Crippen LogP contribution >= 0.6 is 0 Å². The number of carbonyl (C=O) groups is 2. The standard InChI is InChI=1S/C15H21N5O2/c1-5-16-14(21)10(4)19-15(22)12-6-11-8-18-20(9(2)3)13(11)17-7-12/h6-10H,5H2,1-4H3,(H,16,21)(H,19,22). The average molecular weight is 303 g/mol. The maximum atomic E-state index is 12.2. The largest absolute Gasteiger partial charge is 0.355 e. The van der Waals surface area contributed by atoms with E-state index in [0.29, 0.717) is 12.1 Å². The fraction of sp³-hybridized carbons (Fsp3) is 0.467. The average Bonchev–Trinajstić information content (AvgIpc) is 2.90. The van der Waals surface area contributed by atoms with Crippen LogP contribution in [0.5, 0.6) is 0 Å². The van der Waals surface area contributed by atoms with E-state index in [1.807, 2.05) is 20.8 Å². The van der Waals surface area contributed by atoms with Crippen molar-refractivity contribution in [3.05, 3.63) is 24.0 Å². The first-order chi connectivity index (χ1) is 10.4. The third-order valence-corrected chi connectivity index (χ3v) is 3.28. The van der Waals surface area contributed by atoms with Crippen molar-refractivity contribution in [3.63, 3.8) is 0 Å². The summed E-state index contributed by atoms with van der Waals surface area (Å²) in [6, 6.07) is 1.33. The Kier molecular flexibility index (Phi) is 4.75. The molecule has 1 unspecified atom stereocenters. The van der Waals surface area contributed by atoms with Crippen molar-refractivity contribution in [2.24, 2.45) is 0 Å². The first-order valence-corrected chi connectivity index (χ1v) is 7.35. The van der Waals surface area contributed by atoms with E-state index in [-0.39, 0.29) is 17.9 Å². The van der Waals surface area contributed by atoms with E-state index in [2.05, 4.69) is 20.7 Å². The van der Waals surface area contributed by atoms with Gasteiger partial charge in [0.25, 0.3) is 5.91 Å². The Bertz CT molecular complexity index is 692. The molecule has 2 heterocycles. The maximum Gasteiger partial charge on any atom is 0.253 e. The highest BCUT2D eigenvalue weighted by Gasteiger charge is 2.17.